The van der Waals surface area contributed by atoms with E-state index in [2.05, 4.69) is 24.6 Å². The van der Waals surface area contributed by atoms with Crippen molar-refractivity contribution in [2.75, 3.05) is 13.2 Å². The SMILES string of the molecule is CC(C)(CO)CO.[Li][CH2]C. The summed E-state index contributed by atoms with van der Waals surface area (Å²) in [6.07, 6.45) is 0. The van der Waals surface area contributed by atoms with E-state index >= 15 is 0 Å². The van der Waals surface area contributed by atoms with Crippen molar-refractivity contribution in [2.45, 2.75) is 25.9 Å². The van der Waals surface area contributed by atoms with Gasteiger partial charge in [-0.15, -0.1) is 0 Å². The minimum absolute atomic E-state index is 0.0451. The van der Waals surface area contributed by atoms with Crippen molar-refractivity contribution in [3.8, 4) is 0 Å². The average molecular weight is 140 g/mol. The summed E-state index contributed by atoms with van der Waals surface area (Å²) in [5.41, 5.74) is -0.306. The van der Waals surface area contributed by atoms with Crippen LogP contribution in [0.2, 0.25) is 5.09 Å². The third-order valence-corrected chi connectivity index (χ3v) is 0.856. The van der Waals surface area contributed by atoms with Crippen LogP contribution in [0.4, 0.5) is 0 Å². The molecule has 2 nitrogen and oxygen atoms in total. The number of aliphatic hydroxyl groups is 2. The predicted molar refractivity (Wildman–Crippen MR) is 44.2 cm³/mol. The van der Waals surface area contributed by atoms with E-state index in [1.807, 2.05) is 0 Å². The first-order valence-electron chi connectivity index (χ1n) is 3.75. The van der Waals surface area contributed by atoms with Gasteiger partial charge in [-0.2, -0.15) is 0 Å². The Morgan fingerprint density at radius 3 is 1.40 bits per heavy atom. The van der Waals surface area contributed by atoms with Crippen LogP contribution >= 0.6 is 0 Å². The van der Waals surface area contributed by atoms with Crippen molar-refractivity contribution in [1.29, 1.82) is 0 Å². The molecule has 0 bridgehead atoms. The molecule has 0 aromatic carbocycles. The number of hydrogen-bond acceptors (Lipinski definition) is 2. The molecule has 0 heterocycles. The van der Waals surface area contributed by atoms with Crippen LogP contribution in [0.25, 0.3) is 0 Å². The van der Waals surface area contributed by atoms with Gasteiger partial charge in [0.2, 0.25) is 0 Å². The van der Waals surface area contributed by atoms with Crippen molar-refractivity contribution in [3.63, 3.8) is 0 Å². The van der Waals surface area contributed by atoms with E-state index in [-0.39, 0.29) is 18.6 Å². The van der Waals surface area contributed by atoms with Crippen LogP contribution in [-0.4, -0.2) is 41.1 Å². The summed E-state index contributed by atoms with van der Waals surface area (Å²) < 4.78 is 0. The van der Waals surface area contributed by atoms with Crippen molar-refractivity contribution in [1.82, 2.24) is 0 Å². The summed E-state index contributed by atoms with van der Waals surface area (Å²) in [5.74, 6) is 0. The molecule has 0 aliphatic rings. The topological polar surface area (TPSA) is 40.5 Å². The summed E-state index contributed by atoms with van der Waals surface area (Å²) >= 11 is 2.12. The summed E-state index contributed by atoms with van der Waals surface area (Å²) in [5, 5.41) is 18.1. The van der Waals surface area contributed by atoms with E-state index in [0.29, 0.717) is 0 Å². The Bertz CT molecular complexity index is 58.6. The molecule has 0 unspecified atom stereocenters. The summed E-state index contributed by atoms with van der Waals surface area (Å²) in [6.45, 7) is 5.81. The molecule has 3 heteroatoms. The molecule has 0 atom stereocenters. The molecule has 0 aromatic rings. The molecule has 58 valence electrons. The first kappa shape index (κ1) is 13.1. The van der Waals surface area contributed by atoms with Gasteiger partial charge < -0.3 is 10.2 Å². The fourth-order valence-corrected chi connectivity index (χ4v) is 0.0500. The third-order valence-electron chi connectivity index (χ3n) is 0.856. The fraction of sp³-hybridized carbons (Fsp3) is 1.00. The molecule has 2 N–H and O–H groups in total. The molecule has 0 rings (SSSR count). The molecule has 0 aliphatic carbocycles. The number of rotatable bonds is 2. The number of aliphatic hydroxyl groups excluding tert-OH is 2. The molecule has 0 amide bonds. The van der Waals surface area contributed by atoms with E-state index in [1.54, 1.807) is 13.8 Å². The summed E-state index contributed by atoms with van der Waals surface area (Å²) in [7, 11) is 0. The molecule has 0 aromatic heterocycles. The maximum atomic E-state index is 8.43. The Morgan fingerprint density at radius 1 is 1.20 bits per heavy atom. The zero-order chi connectivity index (χ0) is 8.62. The second-order valence-electron chi connectivity index (χ2n) is 3.19. The Hall–Kier alpha value is 0.517. The van der Waals surface area contributed by atoms with Crippen LogP contribution in [-0.2, 0) is 0 Å². The molecule has 0 radical (unpaired) electrons. The standard InChI is InChI=1S/C5H12O2.C2H5.Li/c1-5(2,3-6)4-7;1-2;/h6-7H,3-4H2,1-2H3;1H2,2H3;. The normalized spacial score (nSPS) is 10.3. The van der Waals surface area contributed by atoms with Crippen LogP contribution in [0.15, 0.2) is 0 Å². The molecule has 10 heavy (non-hydrogen) atoms. The molecular weight excluding hydrogens is 123 g/mol. The van der Waals surface area contributed by atoms with E-state index in [0.717, 1.165) is 0 Å². The van der Waals surface area contributed by atoms with Crippen LogP contribution in [0.3, 0.4) is 0 Å². The van der Waals surface area contributed by atoms with Crippen LogP contribution in [0.1, 0.15) is 20.8 Å². The van der Waals surface area contributed by atoms with Crippen LogP contribution in [0, 0.1) is 5.41 Å². The summed E-state index contributed by atoms with van der Waals surface area (Å²) in [6, 6.07) is 0. The predicted octanol–water partition coefficient (Wildman–Crippen LogP) is 0.590. The Morgan fingerprint density at radius 2 is 1.40 bits per heavy atom. The van der Waals surface area contributed by atoms with E-state index in [4.69, 9.17) is 10.2 Å². The first-order chi connectivity index (χ1) is 4.54. The van der Waals surface area contributed by atoms with Crippen molar-refractivity contribution < 1.29 is 10.2 Å². The third kappa shape index (κ3) is 11.3. The van der Waals surface area contributed by atoms with Gasteiger partial charge in [0, 0.05) is 5.41 Å². The Kier molecular flexibility index (Phi) is 10.0. The quantitative estimate of drug-likeness (QED) is 0.551. The summed E-state index contributed by atoms with van der Waals surface area (Å²) in [4.78, 5) is 0. The van der Waals surface area contributed by atoms with Gasteiger partial charge in [-0.1, -0.05) is 13.8 Å². The average Bonchev–Trinajstić information content (AvgIpc) is 1.90. The zero-order valence-electron chi connectivity index (χ0n) is 7.52. The second-order valence-corrected chi connectivity index (χ2v) is 3.19. The van der Waals surface area contributed by atoms with E-state index < -0.39 is 0 Å². The minimum atomic E-state index is -0.306. The monoisotopic (exact) mass is 140 g/mol. The van der Waals surface area contributed by atoms with E-state index in [9.17, 15) is 0 Å². The molecule has 0 spiro atoms. The molecule has 0 saturated carbocycles. The first-order valence-corrected chi connectivity index (χ1v) is 3.75. The fourth-order valence-electron chi connectivity index (χ4n) is 0.0500. The van der Waals surface area contributed by atoms with Gasteiger partial charge in [0.25, 0.3) is 0 Å². The molecule has 0 fully saturated rings. The van der Waals surface area contributed by atoms with Gasteiger partial charge >= 0.3 is 29.7 Å². The Labute approximate surface area is 72.8 Å². The van der Waals surface area contributed by atoms with Crippen LogP contribution < -0.4 is 0 Å². The van der Waals surface area contributed by atoms with E-state index in [1.165, 1.54) is 5.09 Å². The number of hydrogen-bond donors (Lipinski definition) is 2. The maximum absolute atomic E-state index is 8.43. The van der Waals surface area contributed by atoms with Gasteiger partial charge in [-0.05, 0) is 0 Å². The Balaban J connectivity index is 0. The molecule has 0 aliphatic heterocycles. The van der Waals surface area contributed by atoms with Gasteiger partial charge in [0.15, 0.2) is 0 Å². The van der Waals surface area contributed by atoms with Crippen LogP contribution in [0.5, 0.6) is 0 Å². The van der Waals surface area contributed by atoms with Crippen molar-refractivity contribution in [2.24, 2.45) is 5.41 Å². The molecular formula is C7H17LiO2. The van der Waals surface area contributed by atoms with Gasteiger partial charge in [0.05, 0.1) is 13.2 Å². The van der Waals surface area contributed by atoms with Gasteiger partial charge in [-0.25, -0.2) is 0 Å². The van der Waals surface area contributed by atoms with Gasteiger partial charge in [-0.3, -0.25) is 0 Å². The second kappa shape index (κ2) is 7.62. The van der Waals surface area contributed by atoms with Crippen molar-refractivity contribution in [3.05, 3.63) is 0 Å². The van der Waals surface area contributed by atoms with Gasteiger partial charge in [0.1, 0.15) is 0 Å². The molecule has 0 saturated heterocycles. The van der Waals surface area contributed by atoms with Crippen molar-refractivity contribution >= 4 is 17.7 Å². The zero-order valence-corrected chi connectivity index (χ0v) is 7.52.